The van der Waals surface area contributed by atoms with Crippen molar-refractivity contribution >= 4 is 38.9 Å². The first-order valence-corrected chi connectivity index (χ1v) is 10.9. The van der Waals surface area contributed by atoms with E-state index in [0.29, 0.717) is 47.5 Å². The Morgan fingerprint density at radius 3 is 2.59 bits per heavy atom. The molecule has 27 heavy (non-hydrogen) atoms. The first-order valence-electron chi connectivity index (χ1n) is 8.45. The Morgan fingerprint density at radius 2 is 1.96 bits per heavy atom. The van der Waals surface area contributed by atoms with E-state index in [1.807, 2.05) is 0 Å². The van der Waals surface area contributed by atoms with Crippen LogP contribution in [0.4, 0.5) is 0 Å². The minimum atomic E-state index is -3.31. The van der Waals surface area contributed by atoms with Crippen LogP contribution in [0, 0.1) is 0 Å². The van der Waals surface area contributed by atoms with Gasteiger partial charge in [0.25, 0.3) is 5.91 Å². The summed E-state index contributed by atoms with van der Waals surface area (Å²) < 4.78 is 35.6. The number of carbonyl (C=O) groups excluding carboxylic acids is 1. The van der Waals surface area contributed by atoms with Crippen LogP contribution in [0.15, 0.2) is 41.0 Å². The number of nitrogens with zero attached hydrogens (tertiary/aromatic N) is 1. The molecule has 0 atom stereocenters. The zero-order valence-electron chi connectivity index (χ0n) is 14.4. The van der Waals surface area contributed by atoms with E-state index in [4.69, 9.17) is 32.4 Å². The van der Waals surface area contributed by atoms with Gasteiger partial charge in [-0.2, -0.15) is 0 Å². The van der Waals surface area contributed by atoms with E-state index in [-0.39, 0.29) is 18.3 Å². The maximum atomic E-state index is 12.5. The number of furan rings is 1. The topological polar surface area (TPSA) is 76.8 Å². The molecule has 146 valence electrons. The normalized spacial score (nSPS) is 15.7. The standard InChI is InChI=1S/C18H19Cl2NO5S/c19-13-3-4-17(16(20)10-13)26-11-18(22)21-7-5-15(6-8-21)27(23,24)12-14-2-1-9-25-14/h1-4,9-10,15H,5-8,11-12H2. The molecule has 6 nitrogen and oxygen atoms in total. The Bertz CT molecular complexity index is 890. The highest BCUT2D eigenvalue weighted by atomic mass is 35.5. The highest BCUT2D eigenvalue weighted by Gasteiger charge is 2.32. The first kappa shape index (κ1) is 20.0. The SMILES string of the molecule is O=C(COc1ccc(Cl)cc1Cl)N1CCC(S(=O)(=O)Cc2ccco2)CC1. The number of ether oxygens (including phenoxy) is 1. The summed E-state index contributed by atoms with van der Waals surface area (Å²) in [5.41, 5.74) is 0. The average Bonchev–Trinajstić information content (AvgIpc) is 3.13. The van der Waals surface area contributed by atoms with Crippen LogP contribution in [0.1, 0.15) is 18.6 Å². The van der Waals surface area contributed by atoms with Crippen LogP contribution in [0.25, 0.3) is 0 Å². The minimum absolute atomic E-state index is 0.114. The molecular formula is C18H19Cl2NO5S. The molecular weight excluding hydrogens is 413 g/mol. The largest absolute Gasteiger partial charge is 0.482 e. The van der Waals surface area contributed by atoms with E-state index in [9.17, 15) is 13.2 Å². The lowest BCUT2D eigenvalue weighted by molar-refractivity contribution is -0.134. The summed E-state index contributed by atoms with van der Waals surface area (Å²) in [6.07, 6.45) is 2.26. The quantitative estimate of drug-likeness (QED) is 0.698. The average molecular weight is 432 g/mol. The predicted molar refractivity (Wildman–Crippen MR) is 103 cm³/mol. The third kappa shape index (κ3) is 5.18. The Kier molecular flexibility index (Phi) is 6.34. The maximum absolute atomic E-state index is 12.5. The van der Waals surface area contributed by atoms with Crippen molar-refractivity contribution in [3.05, 3.63) is 52.4 Å². The fourth-order valence-electron chi connectivity index (χ4n) is 3.00. The van der Waals surface area contributed by atoms with Gasteiger partial charge in [-0.05, 0) is 43.2 Å². The summed E-state index contributed by atoms with van der Waals surface area (Å²) in [6.45, 7) is 0.586. The van der Waals surface area contributed by atoms with Crippen LogP contribution in [0.3, 0.4) is 0 Å². The molecule has 2 heterocycles. The molecule has 3 rings (SSSR count). The van der Waals surface area contributed by atoms with Gasteiger partial charge >= 0.3 is 0 Å². The molecule has 1 saturated heterocycles. The van der Waals surface area contributed by atoms with E-state index in [1.54, 1.807) is 29.2 Å². The second-order valence-electron chi connectivity index (χ2n) is 6.33. The summed E-state index contributed by atoms with van der Waals surface area (Å²) in [5, 5.41) is 0.341. The highest BCUT2D eigenvalue weighted by Crippen LogP contribution is 2.28. The highest BCUT2D eigenvalue weighted by molar-refractivity contribution is 7.91. The summed E-state index contributed by atoms with van der Waals surface area (Å²) in [4.78, 5) is 13.9. The van der Waals surface area contributed by atoms with Crippen LogP contribution in [-0.2, 0) is 20.4 Å². The monoisotopic (exact) mass is 431 g/mol. The van der Waals surface area contributed by atoms with E-state index in [1.165, 1.54) is 12.3 Å². The van der Waals surface area contributed by atoms with Crippen LogP contribution in [-0.4, -0.2) is 44.2 Å². The van der Waals surface area contributed by atoms with Gasteiger partial charge in [-0.15, -0.1) is 0 Å². The lowest BCUT2D eigenvalue weighted by atomic mass is 10.1. The predicted octanol–water partition coefficient (Wildman–Crippen LogP) is 3.57. The third-order valence-corrected chi connectivity index (χ3v) is 7.18. The van der Waals surface area contributed by atoms with Gasteiger partial charge in [0.2, 0.25) is 0 Å². The number of rotatable bonds is 6. The molecule has 0 saturated carbocycles. The number of likely N-dealkylation sites (tertiary alicyclic amines) is 1. The van der Waals surface area contributed by atoms with Crippen molar-refractivity contribution in [2.24, 2.45) is 0 Å². The van der Waals surface area contributed by atoms with Gasteiger partial charge < -0.3 is 14.1 Å². The van der Waals surface area contributed by atoms with Gasteiger partial charge in [0.1, 0.15) is 17.3 Å². The molecule has 0 unspecified atom stereocenters. The summed E-state index contributed by atoms with van der Waals surface area (Å²) >= 11 is 11.8. The number of carbonyl (C=O) groups is 1. The van der Waals surface area contributed by atoms with Crippen molar-refractivity contribution in [1.82, 2.24) is 4.90 Å². The van der Waals surface area contributed by atoms with Gasteiger partial charge in [-0.25, -0.2) is 8.42 Å². The van der Waals surface area contributed by atoms with Crippen molar-refractivity contribution in [2.45, 2.75) is 23.8 Å². The van der Waals surface area contributed by atoms with Crippen molar-refractivity contribution in [3.8, 4) is 5.75 Å². The molecule has 2 aromatic rings. The Labute approximate surface area is 167 Å². The van der Waals surface area contributed by atoms with Crippen molar-refractivity contribution < 1.29 is 22.4 Å². The summed E-state index contributed by atoms with van der Waals surface area (Å²) in [6, 6.07) is 8.08. The van der Waals surface area contributed by atoms with E-state index >= 15 is 0 Å². The molecule has 1 fully saturated rings. The van der Waals surface area contributed by atoms with Gasteiger partial charge in [-0.1, -0.05) is 23.2 Å². The number of piperidine rings is 1. The molecule has 0 bridgehead atoms. The molecule has 0 N–H and O–H groups in total. The summed E-state index contributed by atoms with van der Waals surface area (Å²) in [7, 11) is -3.31. The smallest absolute Gasteiger partial charge is 0.260 e. The molecule has 0 spiro atoms. The fraction of sp³-hybridized carbons (Fsp3) is 0.389. The molecule has 1 aliphatic rings. The number of amides is 1. The molecule has 1 aromatic carbocycles. The van der Waals surface area contributed by atoms with Gasteiger partial charge in [0, 0.05) is 18.1 Å². The lowest BCUT2D eigenvalue weighted by Gasteiger charge is -2.31. The van der Waals surface area contributed by atoms with E-state index < -0.39 is 15.1 Å². The Morgan fingerprint density at radius 1 is 1.22 bits per heavy atom. The summed E-state index contributed by atoms with van der Waals surface area (Å²) in [5.74, 6) is 0.492. The van der Waals surface area contributed by atoms with Gasteiger partial charge in [-0.3, -0.25) is 4.79 Å². The van der Waals surface area contributed by atoms with E-state index in [2.05, 4.69) is 0 Å². The lowest BCUT2D eigenvalue weighted by Crippen LogP contribution is -2.44. The van der Waals surface area contributed by atoms with Crippen molar-refractivity contribution in [3.63, 3.8) is 0 Å². The molecule has 1 amide bonds. The molecule has 1 aliphatic heterocycles. The first-order chi connectivity index (χ1) is 12.8. The minimum Gasteiger partial charge on any atom is -0.482 e. The van der Waals surface area contributed by atoms with Gasteiger partial charge in [0.15, 0.2) is 16.4 Å². The third-order valence-electron chi connectivity index (χ3n) is 4.47. The zero-order chi connectivity index (χ0) is 19.4. The van der Waals surface area contributed by atoms with Crippen molar-refractivity contribution in [2.75, 3.05) is 19.7 Å². The molecule has 0 aliphatic carbocycles. The van der Waals surface area contributed by atoms with Crippen LogP contribution in [0.5, 0.6) is 5.75 Å². The van der Waals surface area contributed by atoms with Crippen LogP contribution in [0.2, 0.25) is 10.0 Å². The second kappa shape index (κ2) is 8.54. The number of benzene rings is 1. The van der Waals surface area contributed by atoms with Crippen molar-refractivity contribution in [1.29, 1.82) is 0 Å². The van der Waals surface area contributed by atoms with Crippen LogP contribution >= 0.6 is 23.2 Å². The Hall–Kier alpha value is -1.70. The maximum Gasteiger partial charge on any atom is 0.260 e. The van der Waals surface area contributed by atoms with E-state index in [0.717, 1.165) is 0 Å². The second-order valence-corrected chi connectivity index (χ2v) is 9.45. The van der Waals surface area contributed by atoms with Gasteiger partial charge in [0.05, 0.1) is 16.5 Å². The zero-order valence-corrected chi connectivity index (χ0v) is 16.8. The molecule has 1 aromatic heterocycles. The Balaban J connectivity index is 1.50. The molecule has 0 radical (unpaired) electrons. The van der Waals surface area contributed by atoms with Crippen LogP contribution < -0.4 is 4.74 Å². The fourth-order valence-corrected chi connectivity index (χ4v) is 5.19. The number of halogens is 2. The number of sulfone groups is 1. The number of hydrogen-bond acceptors (Lipinski definition) is 5. The molecule has 9 heteroatoms. The number of hydrogen-bond donors (Lipinski definition) is 0.